The van der Waals surface area contributed by atoms with E-state index < -0.39 is 0 Å². The van der Waals surface area contributed by atoms with Crippen LogP contribution in [0.5, 0.6) is 0 Å². The summed E-state index contributed by atoms with van der Waals surface area (Å²) in [5, 5.41) is 2.62. The Kier molecular flexibility index (Phi) is 32.2. The average molecular weight is 329 g/mol. The van der Waals surface area contributed by atoms with Crippen molar-refractivity contribution in [3.05, 3.63) is 84.9 Å². The molecule has 0 spiro atoms. The van der Waals surface area contributed by atoms with E-state index in [0.29, 0.717) is 0 Å². The molecule has 0 atom stereocenters. The van der Waals surface area contributed by atoms with Crippen molar-refractivity contribution in [1.82, 2.24) is 0 Å². The van der Waals surface area contributed by atoms with Crippen molar-refractivity contribution >= 4 is 10.8 Å². The predicted octanol–water partition coefficient (Wildman–Crippen LogP) is 8.88. The molecule has 136 valence electrons. The highest BCUT2D eigenvalue weighted by Crippen LogP contribution is 2.11. The molecule has 3 aromatic rings. The molecule has 0 aliphatic rings. The summed E-state index contributed by atoms with van der Waals surface area (Å²) < 4.78 is 0. The molecular weight excluding hydrogens is 288 g/mol. The summed E-state index contributed by atoms with van der Waals surface area (Å²) in [7, 11) is 0. The number of rotatable bonds is 0. The zero-order valence-corrected chi connectivity index (χ0v) is 15.1. The minimum absolute atomic E-state index is 0. The molecule has 0 radical (unpaired) electrons. The van der Waals surface area contributed by atoms with Crippen LogP contribution in [-0.4, -0.2) is 0 Å². The van der Waals surface area contributed by atoms with Gasteiger partial charge in [-0.3, -0.25) is 0 Å². The monoisotopic (exact) mass is 328 g/mol. The molecule has 0 heterocycles. The minimum atomic E-state index is 0. The lowest BCUT2D eigenvalue weighted by Crippen LogP contribution is -1.67. The van der Waals surface area contributed by atoms with Gasteiger partial charge < -0.3 is 0 Å². The molecule has 0 amide bonds. The van der Waals surface area contributed by atoms with Gasteiger partial charge in [-0.05, 0) is 10.8 Å². The number of hydrogen-bond acceptors (Lipinski definition) is 0. The van der Waals surface area contributed by atoms with E-state index in [1.807, 2.05) is 77.9 Å². The lowest BCUT2D eigenvalue weighted by molar-refractivity contribution is 1.50. The van der Waals surface area contributed by atoms with Crippen molar-refractivity contribution in [2.75, 3.05) is 0 Å². The molecule has 0 saturated heterocycles. The molecule has 3 rings (SSSR count). The first kappa shape index (κ1) is 29.9. The molecule has 0 heteroatoms. The second kappa shape index (κ2) is 25.9. The van der Waals surface area contributed by atoms with E-state index >= 15 is 0 Å². The second-order valence-electron chi connectivity index (χ2n) is 3.50. The van der Waals surface area contributed by atoms with Crippen LogP contribution in [0.3, 0.4) is 0 Å². The number of fused-ring (bicyclic) bond motifs is 1. The Morgan fingerprint density at radius 2 is 0.500 bits per heavy atom. The highest BCUT2D eigenvalue weighted by Gasteiger charge is 1.85. The van der Waals surface area contributed by atoms with Gasteiger partial charge in [-0.2, -0.15) is 0 Å². The fourth-order valence-corrected chi connectivity index (χ4v) is 1.52. The van der Waals surface area contributed by atoms with Crippen LogP contribution >= 0.6 is 0 Å². The van der Waals surface area contributed by atoms with Crippen LogP contribution in [0.15, 0.2) is 84.9 Å². The van der Waals surface area contributed by atoms with E-state index in [1.165, 1.54) is 10.8 Å². The molecule has 0 bridgehead atoms. The molecule has 0 saturated carbocycles. The Bertz CT molecular complexity index is 434. The summed E-state index contributed by atoms with van der Waals surface area (Å²) in [5.74, 6) is 0. The molecule has 24 heavy (non-hydrogen) atoms. The summed E-state index contributed by atoms with van der Waals surface area (Å²) in [5.41, 5.74) is 0. The quantitative estimate of drug-likeness (QED) is 0.386. The summed E-state index contributed by atoms with van der Waals surface area (Å²) >= 11 is 0. The normalized spacial score (nSPS) is 6.92. The molecule has 0 aromatic heterocycles. The van der Waals surface area contributed by atoms with Crippen molar-refractivity contribution in [3.8, 4) is 0 Å². The molecule has 3 aromatic carbocycles. The highest BCUT2D eigenvalue weighted by atomic mass is 13.9. The van der Waals surface area contributed by atoms with Gasteiger partial charge in [0.05, 0.1) is 0 Å². The van der Waals surface area contributed by atoms with E-state index in [0.717, 1.165) is 0 Å². The van der Waals surface area contributed by atoms with E-state index in [2.05, 4.69) is 48.5 Å². The van der Waals surface area contributed by atoms with Gasteiger partial charge in [0, 0.05) is 0 Å². The number of benzene rings is 3. The summed E-state index contributed by atoms with van der Waals surface area (Å²) in [4.78, 5) is 0. The molecular formula is C24H40. The van der Waals surface area contributed by atoms with Crippen LogP contribution < -0.4 is 0 Å². The summed E-state index contributed by atoms with van der Waals surface area (Å²) in [6.45, 7) is 12.0. The first-order valence-corrected chi connectivity index (χ1v) is 8.40. The standard InChI is InChI=1S/C10H8.C6H6.3C2H6.2CH4/c1-2-6-10-8-4-3-7-9(10)5-1;1-2-4-6-5-3-1;3*1-2;;/h1-8H;1-6H;3*1-2H3;2*1H4. The lowest BCUT2D eigenvalue weighted by Gasteiger charge is -1.92. The van der Waals surface area contributed by atoms with Crippen LogP contribution in [0.25, 0.3) is 10.8 Å². The van der Waals surface area contributed by atoms with Crippen LogP contribution in [0.1, 0.15) is 56.4 Å². The van der Waals surface area contributed by atoms with Gasteiger partial charge in [-0.1, -0.05) is 141 Å². The van der Waals surface area contributed by atoms with Gasteiger partial charge in [0.1, 0.15) is 0 Å². The molecule has 0 N–H and O–H groups in total. The third kappa shape index (κ3) is 14.8. The van der Waals surface area contributed by atoms with E-state index in [-0.39, 0.29) is 14.9 Å². The summed E-state index contributed by atoms with van der Waals surface area (Å²) in [6.07, 6.45) is 0. The van der Waals surface area contributed by atoms with Crippen LogP contribution in [0.2, 0.25) is 0 Å². The summed E-state index contributed by atoms with van der Waals surface area (Å²) in [6, 6.07) is 28.7. The van der Waals surface area contributed by atoms with Gasteiger partial charge in [0.2, 0.25) is 0 Å². The molecule has 0 nitrogen and oxygen atoms in total. The van der Waals surface area contributed by atoms with Crippen molar-refractivity contribution < 1.29 is 0 Å². The van der Waals surface area contributed by atoms with E-state index in [4.69, 9.17) is 0 Å². The maximum Gasteiger partial charge on any atom is -0.0184 e. The first-order chi connectivity index (χ1) is 11.0. The first-order valence-electron chi connectivity index (χ1n) is 8.40. The van der Waals surface area contributed by atoms with E-state index in [9.17, 15) is 0 Å². The molecule has 0 fully saturated rings. The Morgan fingerprint density at radius 1 is 0.333 bits per heavy atom. The van der Waals surface area contributed by atoms with E-state index in [1.54, 1.807) is 0 Å². The third-order valence-corrected chi connectivity index (χ3v) is 2.33. The van der Waals surface area contributed by atoms with Crippen molar-refractivity contribution in [2.24, 2.45) is 0 Å². The Balaban J connectivity index is -0.000000126. The Morgan fingerprint density at radius 3 is 0.667 bits per heavy atom. The zero-order chi connectivity index (χ0) is 17.1. The predicted molar refractivity (Wildman–Crippen MR) is 118 cm³/mol. The molecule has 0 unspecified atom stereocenters. The highest BCUT2D eigenvalue weighted by molar-refractivity contribution is 5.81. The maximum atomic E-state index is 2.12. The van der Waals surface area contributed by atoms with Gasteiger partial charge in [-0.25, -0.2) is 0 Å². The minimum Gasteiger partial charge on any atom is -0.0776 e. The zero-order valence-electron chi connectivity index (χ0n) is 15.1. The smallest absolute Gasteiger partial charge is 0.0184 e. The Hall–Kier alpha value is -2.08. The maximum absolute atomic E-state index is 2.12. The van der Waals surface area contributed by atoms with Crippen LogP contribution in [0.4, 0.5) is 0 Å². The lowest BCUT2D eigenvalue weighted by atomic mass is 10.1. The van der Waals surface area contributed by atoms with Gasteiger partial charge in [0.25, 0.3) is 0 Å². The van der Waals surface area contributed by atoms with Gasteiger partial charge in [0.15, 0.2) is 0 Å². The fourth-order valence-electron chi connectivity index (χ4n) is 1.52. The molecule has 0 aliphatic carbocycles. The topological polar surface area (TPSA) is 0 Å². The van der Waals surface area contributed by atoms with Crippen molar-refractivity contribution in [3.63, 3.8) is 0 Å². The second-order valence-corrected chi connectivity index (χ2v) is 3.50. The van der Waals surface area contributed by atoms with Crippen LogP contribution in [0, 0.1) is 0 Å². The fraction of sp³-hybridized carbons (Fsp3) is 0.333. The van der Waals surface area contributed by atoms with Crippen molar-refractivity contribution in [2.45, 2.75) is 56.4 Å². The SMILES string of the molecule is C.C.CC.CC.CC.c1ccc2ccccc2c1.c1ccccc1. The average Bonchev–Trinajstić information content (AvgIpc) is 2.69. The molecule has 0 aliphatic heterocycles. The third-order valence-electron chi connectivity index (χ3n) is 2.33. The van der Waals surface area contributed by atoms with Gasteiger partial charge in [-0.15, -0.1) is 0 Å². The van der Waals surface area contributed by atoms with Crippen molar-refractivity contribution in [1.29, 1.82) is 0 Å². The Labute approximate surface area is 152 Å². The van der Waals surface area contributed by atoms with Gasteiger partial charge >= 0.3 is 0 Å². The number of hydrogen-bond donors (Lipinski definition) is 0. The largest absolute Gasteiger partial charge is 0.0776 e. The van der Waals surface area contributed by atoms with Crippen LogP contribution in [-0.2, 0) is 0 Å².